The van der Waals surface area contributed by atoms with Gasteiger partial charge in [0.1, 0.15) is 16.1 Å². The number of hydrogen-bond acceptors (Lipinski definition) is 5. The predicted octanol–water partition coefficient (Wildman–Crippen LogP) is 1.14. The van der Waals surface area contributed by atoms with Crippen LogP contribution in [0.25, 0.3) is 0 Å². The van der Waals surface area contributed by atoms with E-state index in [-0.39, 0.29) is 6.10 Å². The van der Waals surface area contributed by atoms with Crippen molar-refractivity contribution >= 4 is 11.3 Å². The van der Waals surface area contributed by atoms with Crippen LogP contribution in [-0.4, -0.2) is 23.3 Å². The van der Waals surface area contributed by atoms with Crippen LogP contribution in [0.1, 0.15) is 29.5 Å². The van der Waals surface area contributed by atoms with E-state index in [1.165, 1.54) is 0 Å². The van der Waals surface area contributed by atoms with Crippen molar-refractivity contribution in [2.45, 2.75) is 25.9 Å². The van der Waals surface area contributed by atoms with Gasteiger partial charge in [-0.2, -0.15) is 0 Å². The summed E-state index contributed by atoms with van der Waals surface area (Å²) in [5.41, 5.74) is 5.46. The van der Waals surface area contributed by atoms with Gasteiger partial charge in [0.2, 0.25) is 0 Å². The molecule has 4 nitrogen and oxygen atoms in total. The van der Waals surface area contributed by atoms with Crippen LogP contribution in [0, 0.1) is 5.92 Å². The SMILES string of the molecule is CC1CCOC1c1nnc(CCN)s1. The van der Waals surface area contributed by atoms with Gasteiger partial charge in [0.25, 0.3) is 0 Å². The minimum atomic E-state index is 0.166. The van der Waals surface area contributed by atoms with Gasteiger partial charge in [-0.05, 0) is 18.9 Å². The Morgan fingerprint density at radius 1 is 1.57 bits per heavy atom. The summed E-state index contributed by atoms with van der Waals surface area (Å²) < 4.78 is 5.62. The zero-order chi connectivity index (χ0) is 9.97. The summed E-state index contributed by atoms with van der Waals surface area (Å²) in [6.07, 6.45) is 2.11. The molecule has 1 saturated heterocycles. The van der Waals surface area contributed by atoms with Crippen LogP contribution >= 0.6 is 11.3 Å². The summed E-state index contributed by atoms with van der Waals surface area (Å²) in [7, 11) is 0. The lowest BCUT2D eigenvalue weighted by atomic mass is 10.1. The van der Waals surface area contributed by atoms with E-state index < -0.39 is 0 Å². The Labute approximate surface area is 87.5 Å². The van der Waals surface area contributed by atoms with Gasteiger partial charge in [0, 0.05) is 13.0 Å². The van der Waals surface area contributed by atoms with Crippen molar-refractivity contribution in [1.29, 1.82) is 0 Å². The van der Waals surface area contributed by atoms with Crippen molar-refractivity contribution in [3.8, 4) is 0 Å². The highest BCUT2D eigenvalue weighted by molar-refractivity contribution is 7.11. The van der Waals surface area contributed by atoms with E-state index in [0.717, 1.165) is 29.5 Å². The first kappa shape index (κ1) is 10.0. The van der Waals surface area contributed by atoms with Gasteiger partial charge in [-0.1, -0.05) is 18.3 Å². The molecule has 0 radical (unpaired) electrons. The third-order valence-corrected chi connectivity index (χ3v) is 3.52. The summed E-state index contributed by atoms with van der Waals surface area (Å²) in [6, 6.07) is 0. The van der Waals surface area contributed by atoms with E-state index in [1.54, 1.807) is 11.3 Å². The summed E-state index contributed by atoms with van der Waals surface area (Å²) in [6.45, 7) is 3.68. The molecule has 2 unspecified atom stereocenters. The molecule has 0 bridgehead atoms. The molecule has 0 saturated carbocycles. The number of nitrogens with zero attached hydrogens (tertiary/aromatic N) is 2. The molecule has 0 amide bonds. The second kappa shape index (κ2) is 4.33. The molecule has 1 aromatic heterocycles. The Bertz CT molecular complexity index is 302. The zero-order valence-electron chi connectivity index (χ0n) is 8.27. The van der Waals surface area contributed by atoms with Crippen LogP contribution in [0.5, 0.6) is 0 Å². The van der Waals surface area contributed by atoms with Gasteiger partial charge >= 0.3 is 0 Å². The first-order valence-corrected chi connectivity index (χ1v) is 5.77. The second-order valence-electron chi connectivity index (χ2n) is 3.63. The van der Waals surface area contributed by atoms with E-state index in [2.05, 4.69) is 17.1 Å². The van der Waals surface area contributed by atoms with Crippen molar-refractivity contribution in [3.63, 3.8) is 0 Å². The van der Waals surface area contributed by atoms with Crippen molar-refractivity contribution in [2.75, 3.05) is 13.2 Å². The van der Waals surface area contributed by atoms with E-state index >= 15 is 0 Å². The highest BCUT2D eigenvalue weighted by Crippen LogP contribution is 2.35. The summed E-state index contributed by atoms with van der Waals surface area (Å²) in [5.74, 6) is 0.564. The van der Waals surface area contributed by atoms with Gasteiger partial charge in [0.05, 0.1) is 0 Å². The molecule has 2 rings (SSSR count). The second-order valence-corrected chi connectivity index (χ2v) is 4.72. The molecular weight excluding hydrogens is 198 g/mol. The number of nitrogens with two attached hydrogens (primary N) is 1. The predicted molar refractivity (Wildman–Crippen MR) is 55.1 cm³/mol. The summed E-state index contributed by atoms with van der Waals surface area (Å²) in [4.78, 5) is 0. The molecule has 0 aromatic carbocycles. The van der Waals surface area contributed by atoms with E-state index in [0.29, 0.717) is 12.5 Å². The maximum atomic E-state index is 5.62. The summed E-state index contributed by atoms with van der Waals surface area (Å²) >= 11 is 1.63. The molecular formula is C9H15N3OS. The normalized spacial score (nSPS) is 27.0. The molecule has 2 atom stereocenters. The fourth-order valence-electron chi connectivity index (χ4n) is 1.62. The van der Waals surface area contributed by atoms with Crippen LogP contribution in [0.4, 0.5) is 0 Å². The first-order chi connectivity index (χ1) is 6.81. The highest BCUT2D eigenvalue weighted by Gasteiger charge is 2.28. The fraction of sp³-hybridized carbons (Fsp3) is 0.778. The fourth-order valence-corrected chi connectivity index (χ4v) is 2.66. The molecule has 78 valence electrons. The Kier molecular flexibility index (Phi) is 3.10. The monoisotopic (exact) mass is 213 g/mol. The minimum absolute atomic E-state index is 0.166. The van der Waals surface area contributed by atoms with E-state index in [1.807, 2.05) is 0 Å². The molecule has 1 fully saturated rings. The van der Waals surface area contributed by atoms with Crippen LogP contribution in [0.2, 0.25) is 0 Å². The number of ether oxygens (including phenoxy) is 1. The third kappa shape index (κ3) is 1.94. The largest absolute Gasteiger partial charge is 0.371 e. The molecule has 0 spiro atoms. The Morgan fingerprint density at radius 3 is 3.07 bits per heavy atom. The zero-order valence-corrected chi connectivity index (χ0v) is 9.09. The number of rotatable bonds is 3. The molecule has 14 heavy (non-hydrogen) atoms. The van der Waals surface area contributed by atoms with Crippen LogP contribution in [-0.2, 0) is 11.2 Å². The van der Waals surface area contributed by atoms with Crippen LogP contribution in [0.3, 0.4) is 0 Å². The van der Waals surface area contributed by atoms with Crippen molar-refractivity contribution < 1.29 is 4.74 Å². The maximum Gasteiger partial charge on any atom is 0.146 e. The molecule has 2 N–H and O–H groups in total. The Hall–Kier alpha value is -0.520. The lowest BCUT2D eigenvalue weighted by molar-refractivity contribution is 0.0937. The van der Waals surface area contributed by atoms with Crippen LogP contribution < -0.4 is 5.73 Å². The molecule has 0 aliphatic carbocycles. The van der Waals surface area contributed by atoms with Crippen molar-refractivity contribution in [1.82, 2.24) is 10.2 Å². The first-order valence-electron chi connectivity index (χ1n) is 4.95. The maximum absolute atomic E-state index is 5.62. The highest BCUT2D eigenvalue weighted by atomic mass is 32.1. The standard InChI is InChI=1S/C9H15N3OS/c1-6-3-5-13-8(6)9-12-11-7(14-9)2-4-10/h6,8H,2-5,10H2,1H3. The topological polar surface area (TPSA) is 61.0 Å². The van der Waals surface area contributed by atoms with E-state index in [9.17, 15) is 0 Å². The number of aromatic nitrogens is 2. The molecule has 1 aliphatic heterocycles. The lowest BCUT2D eigenvalue weighted by Gasteiger charge is -2.09. The van der Waals surface area contributed by atoms with Crippen LogP contribution in [0.15, 0.2) is 0 Å². The Morgan fingerprint density at radius 2 is 2.43 bits per heavy atom. The molecule has 1 aliphatic rings. The van der Waals surface area contributed by atoms with Gasteiger partial charge < -0.3 is 10.5 Å². The average molecular weight is 213 g/mol. The average Bonchev–Trinajstić information content (AvgIpc) is 2.74. The quantitative estimate of drug-likeness (QED) is 0.817. The lowest BCUT2D eigenvalue weighted by Crippen LogP contribution is -2.02. The smallest absolute Gasteiger partial charge is 0.146 e. The van der Waals surface area contributed by atoms with Crippen molar-refractivity contribution in [2.24, 2.45) is 11.7 Å². The van der Waals surface area contributed by atoms with Crippen molar-refractivity contribution in [3.05, 3.63) is 10.0 Å². The van der Waals surface area contributed by atoms with Gasteiger partial charge in [-0.3, -0.25) is 0 Å². The minimum Gasteiger partial charge on any atom is -0.371 e. The van der Waals surface area contributed by atoms with Gasteiger partial charge in [-0.25, -0.2) is 0 Å². The van der Waals surface area contributed by atoms with Gasteiger partial charge in [0.15, 0.2) is 0 Å². The molecule has 1 aromatic rings. The third-order valence-electron chi connectivity index (χ3n) is 2.47. The summed E-state index contributed by atoms with van der Waals surface area (Å²) in [5, 5.41) is 10.3. The van der Waals surface area contributed by atoms with Gasteiger partial charge in [-0.15, -0.1) is 10.2 Å². The number of hydrogen-bond donors (Lipinski definition) is 1. The van der Waals surface area contributed by atoms with E-state index in [4.69, 9.17) is 10.5 Å². The molecule has 2 heterocycles. The Balaban J connectivity index is 2.08. The molecule has 5 heteroatoms.